The fraction of sp³-hybridized carbons (Fsp3) is 0.611. The van der Waals surface area contributed by atoms with Gasteiger partial charge in [-0.1, -0.05) is 6.07 Å². The van der Waals surface area contributed by atoms with E-state index >= 15 is 0 Å². The molecule has 1 N–H and O–H groups in total. The highest BCUT2D eigenvalue weighted by atomic mass is 19.2. The molecule has 1 aliphatic heterocycles. The summed E-state index contributed by atoms with van der Waals surface area (Å²) in [5, 5.41) is 9.99. The fourth-order valence-electron chi connectivity index (χ4n) is 3.75. The van der Waals surface area contributed by atoms with Crippen molar-refractivity contribution in [3.05, 3.63) is 35.4 Å². The average Bonchev–Trinajstić information content (AvgIpc) is 3.02. The van der Waals surface area contributed by atoms with Gasteiger partial charge >= 0.3 is 0 Å². The lowest BCUT2D eigenvalue weighted by Crippen LogP contribution is -2.53. The minimum absolute atomic E-state index is 0.0475. The van der Waals surface area contributed by atoms with E-state index in [0.717, 1.165) is 44.5 Å². The SMILES string of the molecule is O=C(CCc1ccc(F)c(F)c1)N1CCN(C2CCCC2O)CC1. The molecule has 2 unspecified atom stereocenters. The molecule has 24 heavy (non-hydrogen) atoms. The zero-order chi connectivity index (χ0) is 17.1. The van der Waals surface area contributed by atoms with Gasteiger partial charge in [0.2, 0.25) is 5.91 Å². The zero-order valence-corrected chi connectivity index (χ0v) is 13.8. The Bertz CT molecular complexity index is 588. The van der Waals surface area contributed by atoms with Gasteiger partial charge in [0.05, 0.1) is 6.10 Å². The minimum Gasteiger partial charge on any atom is -0.391 e. The molecule has 1 amide bonds. The highest BCUT2D eigenvalue weighted by Gasteiger charge is 2.33. The summed E-state index contributed by atoms with van der Waals surface area (Å²) in [5.41, 5.74) is 0.634. The van der Waals surface area contributed by atoms with E-state index in [2.05, 4.69) is 4.90 Å². The third-order valence-corrected chi connectivity index (χ3v) is 5.19. The Morgan fingerprint density at radius 3 is 2.50 bits per heavy atom. The minimum atomic E-state index is -0.872. The first-order chi connectivity index (χ1) is 11.5. The molecular weight excluding hydrogens is 314 g/mol. The second-order valence-electron chi connectivity index (χ2n) is 6.73. The Hall–Kier alpha value is -1.53. The Labute approximate surface area is 141 Å². The number of nitrogens with zero attached hydrogens (tertiary/aromatic N) is 2. The number of rotatable bonds is 4. The predicted octanol–water partition coefficient (Wildman–Crippen LogP) is 1.95. The van der Waals surface area contributed by atoms with Gasteiger partial charge in [0, 0.05) is 38.6 Å². The fourth-order valence-corrected chi connectivity index (χ4v) is 3.75. The van der Waals surface area contributed by atoms with E-state index in [-0.39, 0.29) is 18.1 Å². The lowest BCUT2D eigenvalue weighted by Gasteiger charge is -2.39. The van der Waals surface area contributed by atoms with Crippen molar-refractivity contribution >= 4 is 5.91 Å². The summed E-state index contributed by atoms with van der Waals surface area (Å²) in [6.45, 7) is 2.91. The number of aliphatic hydroxyl groups is 1. The van der Waals surface area contributed by atoms with Gasteiger partial charge in [-0.25, -0.2) is 8.78 Å². The Morgan fingerprint density at radius 1 is 1.12 bits per heavy atom. The van der Waals surface area contributed by atoms with E-state index in [1.165, 1.54) is 6.07 Å². The molecule has 0 spiro atoms. The summed E-state index contributed by atoms with van der Waals surface area (Å²) in [6, 6.07) is 4.01. The van der Waals surface area contributed by atoms with E-state index in [4.69, 9.17) is 0 Å². The molecule has 6 heteroatoms. The normalized spacial score (nSPS) is 25.2. The van der Waals surface area contributed by atoms with Gasteiger partial charge < -0.3 is 10.0 Å². The van der Waals surface area contributed by atoms with Crippen molar-refractivity contribution in [1.82, 2.24) is 9.80 Å². The number of benzene rings is 1. The molecule has 2 aliphatic rings. The monoisotopic (exact) mass is 338 g/mol. The first kappa shape index (κ1) is 17.3. The number of piperazine rings is 1. The van der Waals surface area contributed by atoms with Crippen LogP contribution in [0.2, 0.25) is 0 Å². The third-order valence-electron chi connectivity index (χ3n) is 5.19. The van der Waals surface area contributed by atoms with Crippen LogP contribution in [0.4, 0.5) is 8.78 Å². The zero-order valence-electron chi connectivity index (χ0n) is 13.8. The van der Waals surface area contributed by atoms with Crippen LogP contribution < -0.4 is 0 Å². The van der Waals surface area contributed by atoms with Gasteiger partial charge in [0.1, 0.15) is 0 Å². The van der Waals surface area contributed by atoms with Gasteiger partial charge in [0.15, 0.2) is 11.6 Å². The van der Waals surface area contributed by atoms with Crippen LogP contribution >= 0.6 is 0 Å². The Morgan fingerprint density at radius 2 is 1.88 bits per heavy atom. The van der Waals surface area contributed by atoms with Crippen molar-refractivity contribution in [2.45, 2.75) is 44.2 Å². The summed E-state index contributed by atoms with van der Waals surface area (Å²) in [5.74, 6) is -1.69. The quantitative estimate of drug-likeness (QED) is 0.913. The van der Waals surface area contributed by atoms with Gasteiger partial charge in [0.25, 0.3) is 0 Å². The number of hydrogen-bond acceptors (Lipinski definition) is 3. The number of carbonyl (C=O) groups excluding carboxylic acids is 1. The lowest BCUT2D eigenvalue weighted by molar-refractivity contribution is -0.133. The van der Waals surface area contributed by atoms with E-state index in [9.17, 15) is 18.7 Å². The van der Waals surface area contributed by atoms with Gasteiger partial charge in [-0.3, -0.25) is 9.69 Å². The maximum atomic E-state index is 13.2. The van der Waals surface area contributed by atoms with Gasteiger partial charge in [-0.2, -0.15) is 0 Å². The average molecular weight is 338 g/mol. The van der Waals surface area contributed by atoms with Crippen molar-refractivity contribution in [1.29, 1.82) is 0 Å². The van der Waals surface area contributed by atoms with Crippen LogP contribution in [0, 0.1) is 11.6 Å². The van der Waals surface area contributed by atoms with Crippen LogP contribution in [0.25, 0.3) is 0 Å². The molecule has 0 bridgehead atoms. The van der Waals surface area contributed by atoms with Crippen molar-refractivity contribution in [3.8, 4) is 0 Å². The Balaban J connectivity index is 1.45. The lowest BCUT2D eigenvalue weighted by atomic mass is 10.1. The number of aliphatic hydroxyl groups excluding tert-OH is 1. The van der Waals surface area contributed by atoms with E-state index in [1.54, 1.807) is 0 Å². The molecule has 2 atom stereocenters. The number of halogens is 2. The highest BCUT2D eigenvalue weighted by Crippen LogP contribution is 2.25. The van der Waals surface area contributed by atoms with Gasteiger partial charge in [-0.05, 0) is 43.4 Å². The molecule has 3 rings (SSSR count). The summed E-state index contributed by atoms with van der Waals surface area (Å²) >= 11 is 0. The van der Waals surface area contributed by atoms with Crippen molar-refractivity contribution < 1.29 is 18.7 Å². The molecule has 1 aromatic rings. The van der Waals surface area contributed by atoms with Gasteiger partial charge in [-0.15, -0.1) is 0 Å². The largest absolute Gasteiger partial charge is 0.391 e. The molecule has 1 saturated heterocycles. The molecule has 1 aromatic carbocycles. The molecule has 1 heterocycles. The van der Waals surface area contributed by atoms with Crippen molar-refractivity contribution in [2.24, 2.45) is 0 Å². The molecule has 4 nitrogen and oxygen atoms in total. The number of hydrogen-bond donors (Lipinski definition) is 1. The smallest absolute Gasteiger partial charge is 0.222 e. The summed E-state index contributed by atoms with van der Waals surface area (Å²) < 4.78 is 26.1. The standard InChI is InChI=1S/C18H24F2N2O2/c19-14-6-4-13(12-15(14)20)5-7-18(24)22-10-8-21(9-11-22)16-2-1-3-17(16)23/h4,6,12,16-17,23H,1-3,5,7-11H2. The highest BCUT2D eigenvalue weighted by molar-refractivity contribution is 5.76. The number of aryl methyl sites for hydroxylation is 1. The van der Waals surface area contributed by atoms with Crippen LogP contribution in [0.5, 0.6) is 0 Å². The second-order valence-corrected chi connectivity index (χ2v) is 6.73. The molecular formula is C18H24F2N2O2. The first-order valence-corrected chi connectivity index (χ1v) is 8.68. The van der Waals surface area contributed by atoms with Crippen LogP contribution in [0.1, 0.15) is 31.2 Å². The number of amides is 1. The molecule has 132 valence electrons. The summed E-state index contributed by atoms with van der Waals surface area (Å²) in [4.78, 5) is 16.4. The topological polar surface area (TPSA) is 43.8 Å². The van der Waals surface area contributed by atoms with Crippen LogP contribution in [-0.2, 0) is 11.2 Å². The summed E-state index contributed by atoms with van der Waals surface area (Å²) in [7, 11) is 0. The molecule has 0 radical (unpaired) electrons. The molecule has 1 aliphatic carbocycles. The molecule has 1 saturated carbocycles. The third kappa shape index (κ3) is 3.92. The maximum absolute atomic E-state index is 13.2. The van der Waals surface area contributed by atoms with Crippen LogP contribution in [0.15, 0.2) is 18.2 Å². The number of carbonyl (C=O) groups is 1. The van der Waals surface area contributed by atoms with E-state index < -0.39 is 11.6 Å². The first-order valence-electron chi connectivity index (χ1n) is 8.68. The summed E-state index contributed by atoms with van der Waals surface area (Å²) in [6.07, 6.45) is 3.46. The van der Waals surface area contributed by atoms with E-state index in [1.807, 2.05) is 4.90 Å². The predicted molar refractivity (Wildman–Crippen MR) is 86.5 cm³/mol. The van der Waals surface area contributed by atoms with Crippen LogP contribution in [0.3, 0.4) is 0 Å². The molecule has 0 aromatic heterocycles. The molecule has 2 fully saturated rings. The van der Waals surface area contributed by atoms with Crippen molar-refractivity contribution in [2.75, 3.05) is 26.2 Å². The van der Waals surface area contributed by atoms with Crippen molar-refractivity contribution in [3.63, 3.8) is 0 Å². The van der Waals surface area contributed by atoms with E-state index in [0.29, 0.717) is 31.5 Å². The van der Waals surface area contributed by atoms with Crippen LogP contribution in [-0.4, -0.2) is 59.1 Å². The second kappa shape index (κ2) is 7.57. The Kier molecular flexibility index (Phi) is 5.46. The maximum Gasteiger partial charge on any atom is 0.222 e.